The molecule has 56 heavy (non-hydrogen) atoms. The number of aliphatic hydroxyl groups is 1. The number of aliphatic hydroxyl groups excluding tert-OH is 1. The normalized spacial score (nSPS) is 14.3. The van der Waals surface area contributed by atoms with Crippen LogP contribution >= 0.6 is 14.7 Å². The third kappa shape index (κ3) is 35.8. The maximum atomic E-state index is 12.7. The molecule has 2 unspecified atom stereocenters. The molecule has 3 atom stereocenters. The highest BCUT2D eigenvalue weighted by atomic mass is 32.1. The van der Waals surface area contributed by atoms with E-state index in [2.05, 4.69) is 38.2 Å². The number of carbonyl (C=O) groups is 2. The molecule has 0 saturated carbocycles. The molecule has 0 radical (unpaired) electrons. The topological polar surface area (TPSA) is 145 Å². The van der Waals surface area contributed by atoms with E-state index < -0.39 is 44.9 Å². The molecule has 0 fully saturated rings. The van der Waals surface area contributed by atoms with Gasteiger partial charge in [0.05, 0.1) is 27.7 Å². The van der Waals surface area contributed by atoms with Crippen molar-refractivity contribution in [1.82, 2.24) is 0 Å². The second kappa shape index (κ2) is 36.7. The molecule has 0 aliphatic rings. The van der Waals surface area contributed by atoms with Gasteiger partial charge in [-0.1, -0.05) is 141 Å². The summed E-state index contributed by atoms with van der Waals surface area (Å²) < 4.78 is 28.7. The number of hydrogen-bond acceptors (Lipinski definition) is 8. The second-order valence-electron chi connectivity index (χ2n) is 16.4. The van der Waals surface area contributed by atoms with Crippen LogP contribution in [0.3, 0.4) is 0 Å². The van der Waals surface area contributed by atoms with Gasteiger partial charge in [-0.2, -0.15) is 0 Å². The van der Waals surface area contributed by atoms with Gasteiger partial charge in [0, 0.05) is 12.8 Å². The first-order valence-electron chi connectivity index (χ1n) is 22.3. The number of ether oxygens (including phenoxy) is 2. The number of unbranched alkanes of at least 4 members (excludes halogenated alkanes) is 22. The smallest absolute Gasteiger partial charge is 0.330 e. The van der Waals surface area contributed by atoms with Crippen LogP contribution in [0.1, 0.15) is 194 Å². The van der Waals surface area contributed by atoms with E-state index in [4.69, 9.17) is 14.0 Å². The fourth-order valence-corrected chi connectivity index (χ4v) is 9.00. The average Bonchev–Trinajstić information content (AvgIpc) is 3.14. The van der Waals surface area contributed by atoms with Gasteiger partial charge in [0.15, 0.2) is 20.1 Å². The Bertz CT molecular complexity index is 1120. The first kappa shape index (κ1) is 54.6. The summed E-state index contributed by atoms with van der Waals surface area (Å²) in [4.78, 5) is 50.5. The second-order valence-corrected chi connectivity index (χ2v) is 21.2. The van der Waals surface area contributed by atoms with Crippen molar-refractivity contribution in [2.45, 2.75) is 200 Å². The van der Waals surface area contributed by atoms with Crippen LogP contribution in [-0.2, 0) is 28.2 Å². The summed E-state index contributed by atoms with van der Waals surface area (Å²) in [6.07, 6.45) is 38.0. The van der Waals surface area contributed by atoms with E-state index in [0.717, 1.165) is 77.0 Å². The van der Waals surface area contributed by atoms with E-state index >= 15 is 0 Å². The summed E-state index contributed by atoms with van der Waals surface area (Å²) in [6.45, 7) is 3.28. The van der Waals surface area contributed by atoms with Crippen LogP contribution in [0.15, 0.2) is 24.3 Å². The Morgan fingerprint density at radius 3 is 1.41 bits per heavy atom. The molecule has 10 nitrogen and oxygen atoms in total. The van der Waals surface area contributed by atoms with Gasteiger partial charge in [0.1, 0.15) is 6.61 Å². The average molecular weight is 832 g/mol. The molecule has 0 aliphatic heterocycles. The molecule has 0 aromatic carbocycles. The van der Waals surface area contributed by atoms with Crippen molar-refractivity contribution in [2.75, 3.05) is 40.9 Å². The van der Waals surface area contributed by atoms with Crippen molar-refractivity contribution < 1.29 is 47.5 Å². The van der Waals surface area contributed by atoms with Crippen molar-refractivity contribution in [1.29, 1.82) is 0 Å². The van der Waals surface area contributed by atoms with Gasteiger partial charge in [-0.25, -0.2) is 0 Å². The lowest BCUT2D eigenvalue weighted by atomic mass is 10.1. The van der Waals surface area contributed by atoms with Crippen molar-refractivity contribution in [3.63, 3.8) is 0 Å². The molecule has 0 amide bonds. The summed E-state index contributed by atoms with van der Waals surface area (Å²) in [5, 5.41) is 10.2. The number of quaternary nitrogens is 1. The van der Waals surface area contributed by atoms with Crippen molar-refractivity contribution >= 4 is 32.2 Å². The van der Waals surface area contributed by atoms with Crippen LogP contribution in [0.5, 0.6) is 0 Å². The van der Waals surface area contributed by atoms with Crippen LogP contribution in [0.25, 0.3) is 0 Å². The SMILES string of the molecule is CCCCCCCC/C=C\CCCCCCCC(=O)OC[C@H](COP(=O)([O-])[P+]([O-])=C(O)C[N+](C)(C)C)OC(=O)CCCCCCC/C=C\CCCCCCCC. The Labute approximate surface area is 343 Å². The molecule has 0 heterocycles. The number of likely N-dealkylation sites (N-methyl/N-ethyl adjacent to an activating group) is 1. The third-order valence-corrected chi connectivity index (χ3v) is 13.4. The quantitative estimate of drug-likeness (QED) is 0.0210. The Balaban J connectivity index is 4.61. The summed E-state index contributed by atoms with van der Waals surface area (Å²) in [5.74, 6) is -1.01. The highest BCUT2D eigenvalue weighted by molar-refractivity contribution is 8.23. The van der Waals surface area contributed by atoms with E-state index in [9.17, 15) is 29.0 Å². The summed E-state index contributed by atoms with van der Waals surface area (Å²) >= 11 is 0. The van der Waals surface area contributed by atoms with Crippen molar-refractivity contribution in [3.05, 3.63) is 24.3 Å². The van der Waals surface area contributed by atoms with Gasteiger partial charge >= 0.3 is 19.2 Å². The van der Waals surface area contributed by atoms with Crippen LogP contribution in [0.4, 0.5) is 0 Å². The van der Waals surface area contributed by atoms with Crippen molar-refractivity contribution in [3.8, 4) is 0 Å². The largest absolute Gasteiger partial charge is 0.741 e. The monoisotopic (exact) mass is 832 g/mol. The van der Waals surface area contributed by atoms with Gasteiger partial charge < -0.3 is 33.4 Å². The summed E-state index contributed by atoms with van der Waals surface area (Å²) in [7, 11) is -3.15. The van der Waals surface area contributed by atoms with Gasteiger partial charge in [0.25, 0.3) is 5.48 Å². The van der Waals surface area contributed by atoms with Crippen LogP contribution < -0.4 is 9.79 Å². The van der Waals surface area contributed by atoms with E-state index in [0.29, 0.717) is 12.8 Å². The lowest BCUT2D eigenvalue weighted by Crippen LogP contribution is -2.39. The number of carbonyl (C=O) groups excluding carboxylic acids is 2. The first-order valence-corrected chi connectivity index (χ1v) is 25.8. The summed E-state index contributed by atoms with van der Waals surface area (Å²) in [5.41, 5.74) is -0.699. The molecule has 0 rings (SSSR count). The van der Waals surface area contributed by atoms with Crippen molar-refractivity contribution in [2.24, 2.45) is 0 Å². The maximum absolute atomic E-state index is 12.7. The molecule has 1 N–H and O–H groups in total. The molecule has 0 aliphatic carbocycles. The standard InChI is InChI=1S/C44H83NO9P2/c1-6-8-10-12-14-16-18-20-22-24-26-28-30-32-34-36-42(46)52-39-41(40-53-56(50,51)55(49)44(48)38-45(3,4)5)54-43(47)37-35-33-31-29-27-25-23-21-19-17-15-13-11-9-7-2/h20-23,41H,6-19,24-40H2,1-5H3,(H-,48,50,51)/b22-20-,23-21-/t41-/m1/s1. The Hall–Kier alpha value is -1.38. The summed E-state index contributed by atoms with van der Waals surface area (Å²) in [6, 6.07) is 0. The van der Waals surface area contributed by atoms with E-state index in [-0.39, 0.29) is 30.5 Å². The zero-order valence-electron chi connectivity index (χ0n) is 36.4. The minimum absolute atomic E-state index is 0.138. The van der Waals surface area contributed by atoms with Gasteiger partial charge in [-0.3, -0.25) is 14.2 Å². The van der Waals surface area contributed by atoms with Gasteiger partial charge in [0.2, 0.25) is 0 Å². The number of allylic oxidation sites excluding steroid dienone is 4. The molecule has 0 saturated heterocycles. The molecular weight excluding hydrogens is 748 g/mol. The van der Waals surface area contributed by atoms with E-state index in [1.165, 1.54) is 77.0 Å². The Morgan fingerprint density at radius 2 is 1.00 bits per heavy atom. The minimum Gasteiger partial charge on any atom is -0.741 e. The van der Waals surface area contributed by atoms with Gasteiger partial charge in [-0.05, 0) is 64.2 Å². The van der Waals surface area contributed by atoms with E-state index in [1.54, 1.807) is 21.1 Å². The Morgan fingerprint density at radius 1 is 0.625 bits per heavy atom. The molecule has 12 heteroatoms. The number of rotatable bonds is 39. The highest BCUT2D eigenvalue weighted by Gasteiger charge is 2.30. The lowest BCUT2D eigenvalue weighted by Gasteiger charge is -2.25. The minimum atomic E-state index is -5.05. The maximum Gasteiger partial charge on any atom is 0.330 e. The molecular formula is C44H83NO9P2. The third-order valence-electron chi connectivity index (χ3n) is 9.50. The van der Waals surface area contributed by atoms with Gasteiger partial charge in [-0.15, -0.1) is 0 Å². The number of esters is 2. The zero-order valence-corrected chi connectivity index (χ0v) is 38.2. The zero-order chi connectivity index (χ0) is 41.8. The number of nitrogens with zero attached hydrogens (tertiary/aromatic N) is 1. The van der Waals surface area contributed by atoms with E-state index in [1.807, 2.05) is 0 Å². The van der Waals surface area contributed by atoms with Crippen LogP contribution in [-0.4, -0.2) is 74.0 Å². The van der Waals surface area contributed by atoms with Crippen LogP contribution in [0.2, 0.25) is 0 Å². The molecule has 328 valence electrons. The number of hydrogen-bond donors (Lipinski definition) is 1. The molecule has 0 aromatic rings. The highest BCUT2D eigenvalue weighted by Crippen LogP contribution is 2.59. The molecule has 0 bridgehead atoms. The lowest BCUT2D eigenvalue weighted by molar-refractivity contribution is -0.861. The molecule has 0 spiro atoms. The fourth-order valence-electron chi connectivity index (χ4n) is 6.16. The fraction of sp³-hybridized carbons (Fsp3) is 0.841. The Kier molecular flexibility index (Phi) is 35.8. The predicted octanol–water partition coefficient (Wildman–Crippen LogP) is 11.0. The first-order chi connectivity index (χ1) is 26.8. The predicted molar refractivity (Wildman–Crippen MR) is 230 cm³/mol. The molecule has 0 aromatic heterocycles. The van der Waals surface area contributed by atoms with Crippen LogP contribution in [0, 0.1) is 0 Å².